The van der Waals surface area contributed by atoms with Gasteiger partial charge in [0.2, 0.25) is 16.0 Å². The average molecular weight is 557 g/mol. The van der Waals surface area contributed by atoms with Gasteiger partial charge in [0.25, 0.3) is 0 Å². The van der Waals surface area contributed by atoms with E-state index in [9.17, 15) is 8.42 Å². The molecule has 11 heteroatoms. The van der Waals surface area contributed by atoms with Crippen LogP contribution in [0.1, 0.15) is 30.7 Å². The van der Waals surface area contributed by atoms with Crippen LogP contribution in [0.15, 0.2) is 46.0 Å². The van der Waals surface area contributed by atoms with Crippen LogP contribution >= 0.6 is 22.7 Å². The molecule has 1 aliphatic rings. The fraction of sp³-hybridized carbons (Fsp3) is 0.423. The Labute approximate surface area is 226 Å². The first-order valence-corrected chi connectivity index (χ1v) is 15.7. The number of thiazole rings is 1. The number of thiophene rings is 1. The summed E-state index contributed by atoms with van der Waals surface area (Å²) < 4.78 is 28.9. The first kappa shape index (κ1) is 26.0. The Kier molecular flexibility index (Phi) is 7.75. The molecule has 1 fully saturated rings. The first-order chi connectivity index (χ1) is 17.8. The van der Waals surface area contributed by atoms with Crippen molar-refractivity contribution in [3.63, 3.8) is 0 Å². The van der Waals surface area contributed by atoms with E-state index < -0.39 is 10.0 Å². The fourth-order valence-electron chi connectivity index (χ4n) is 4.73. The van der Waals surface area contributed by atoms with Crippen LogP contribution < -0.4 is 14.9 Å². The highest BCUT2D eigenvalue weighted by atomic mass is 32.2. The van der Waals surface area contributed by atoms with E-state index in [-0.39, 0.29) is 0 Å². The lowest BCUT2D eigenvalue weighted by Gasteiger charge is -2.28. The minimum Gasteiger partial charge on any atom is -0.362 e. The van der Waals surface area contributed by atoms with Crippen molar-refractivity contribution in [1.29, 1.82) is 0 Å². The summed E-state index contributed by atoms with van der Waals surface area (Å²) in [7, 11) is 0.469. The molecule has 0 bridgehead atoms. The predicted molar refractivity (Wildman–Crippen MR) is 153 cm³/mol. The van der Waals surface area contributed by atoms with Crippen molar-refractivity contribution in [2.24, 2.45) is 11.8 Å². The number of hydrogen-bond donors (Lipinski definition) is 2. The maximum absolute atomic E-state index is 12.9. The van der Waals surface area contributed by atoms with Gasteiger partial charge in [0.15, 0.2) is 0 Å². The molecular weight excluding hydrogens is 525 g/mol. The highest BCUT2D eigenvalue weighted by molar-refractivity contribution is 7.91. The standard InChI is InChI=1S/C26H32N6O2S3/c1-17-29-22(16-35-17)23-12-13-24(36-23)37(33,34)28-15-19-10-8-18(9-11-19)14-27-26-30-21-7-5-4-6-20(21)25(31-26)32(2)3/h4-7,12-13,16,18-19,28H,8-11,14-15H2,1-3H3,(H,27,30,31)/t18-,19-. The van der Waals surface area contributed by atoms with Crippen molar-refractivity contribution in [3.8, 4) is 10.6 Å². The molecule has 0 aliphatic heterocycles. The minimum absolute atomic E-state index is 0.346. The van der Waals surface area contributed by atoms with Crippen LogP contribution in [-0.2, 0) is 10.0 Å². The molecule has 3 aromatic heterocycles. The number of anilines is 2. The van der Waals surface area contributed by atoms with E-state index in [1.54, 1.807) is 17.4 Å². The Morgan fingerprint density at radius 3 is 2.41 bits per heavy atom. The third-order valence-corrected chi connectivity index (χ3v) is 10.6. The number of nitrogens with one attached hydrogen (secondary N) is 2. The zero-order chi connectivity index (χ0) is 26.0. The summed E-state index contributed by atoms with van der Waals surface area (Å²) in [6.07, 6.45) is 4.12. The zero-order valence-electron chi connectivity index (χ0n) is 21.3. The van der Waals surface area contributed by atoms with E-state index in [4.69, 9.17) is 9.97 Å². The zero-order valence-corrected chi connectivity index (χ0v) is 23.7. The molecule has 1 saturated carbocycles. The molecule has 5 rings (SSSR count). The molecule has 1 aromatic carbocycles. The number of benzene rings is 1. The van der Waals surface area contributed by atoms with E-state index in [2.05, 4.69) is 15.0 Å². The molecule has 4 aromatic rings. The number of para-hydroxylation sites is 1. The van der Waals surface area contributed by atoms with Crippen molar-refractivity contribution in [3.05, 3.63) is 46.8 Å². The van der Waals surface area contributed by atoms with E-state index in [1.807, 2.05) is 61.6 Å². The number of rotatable bonds is 9. The predicted octanol–water partition coefficient (Wildman–Crippen LogP) is 5.39. The minimum atomic E-state index is -3.52. The van der Waals surface area contributed by atoms with Crippen molar-refractivity contribution in [2.75, 3.05) is 37.4 Å². The molecule has 0 atom stereocenters. The number of aromatic nitrogens is 3. The molecule has 8 nitrogen and oxygen atoms in total. The van der Waals surface area contributed by atoms with E-state index in [0.717, 1.165) is 64.5 Å². The summed E-state index contributed by atoms with van der Waals surface area (Å²) in [4.78, 5) is 16.8. The SMILES string of the molecule is Cc1nc(-c2ccc(S(=O)(=O)NC[C@H]3CC[C@H](CNc4nc(N(C)C)c5ccccc5n4)CC3)s2)cs1. The summed E-state index contributed by atoms with van der Waals surface area (Å²) in [5.74, 6) is 2.43. The van der Waals surface area contributed by atoms with Gasteiger partial charge in [-0.3, -0.25) is 0 Å². The lowest BCUT2D eigenvalue weighted by Crippen LogP contribution is -2.32. The van der Waals surface area contributed by atoms with Gasteiger partial charge < -0.3 is 10.2 Å². The van der Waals surface area contributed by atoms with Gasteiger partial charge in [0.1, 0.15) is 10.0 Å². The Hall–Kier alpha value is -2.60. The van der Waals surface area contributed by atoms with Crippen LogP contribution in [-0.4, -0.2) is 50.6 Å². The highest BCUT2D eigenvalue weighted by Crippen LogP contribution is 2.33. The van der Waals surface area contributed by atoms with Gasteiger partial charge in [-0.1, -0.05) is 12.1 Å². The van der Waals surface area contributed by atoms with E-state index >= 15 is 0 Å². The fourth-order valence-corrected chi connectivity index (χ4v) is 7.85. The summed E-state index contributed by atoms with van der Waals surface area (Å²) in [6, 6.07) is 11.6. The molecule has 0 radical (unpaired) electrons. The van der Waals surface area contributed by atoms with E-state index in [1.165, 1.54) is 11.3 Å². The smallest absolute Gasteiger partial charge is 0.250 e. The molecular formula is C26H32N6O2S3. The Bertz CT molecular complexity index is 1470. The second kappa shape index (κ2) is 11.0. The summed E-state index contributed by atoms with van der Waals surface area (Å²) in [6.45, 7) is 3.24. The number of aryl methyl sites for hydroxylation is 1. The van der Waals surface area contributed by atoms with Gasteiger partial charge in [-0.2, -0.15) is 4.98 Å². The van der Waals surface area contributed by atoms with Crippen molar-refractivity contribution >= 4 is 55.4 Å². The molecule has 0 unspecified atom stereocenters. The van der Waals surface area contributed by atoms with E-state index in [0.29, 0.717) is 28.5 Å². The molecule has 196 valence electrons. The first-order valence-electron chi connectivity index (χ1n) is 12.5. The molecule has 0 saturated heterocycles. The highest BCUT2D eigenvalue weighted by Gasteiger charge is 2.24. The van der Waals surface area contributed by atoms with Crippen LogP contribution in [0.25, 0.3) is 21.5 Å². The maximum Gasteiger partial charge on any atom is 0.250 e. The van der Waals surface area contributed by atoms with Crippen molar-refractivity contribution in [1.82, 2.24) is 19.7 Å². The lowest BCUT2D eigenvalue weighted by atomic mass is 9.82. The Balaban J connectivity index is 1.12. The second-order valence-corrected chi connectivity index (χ2v) is 13.9. The summed E-state index contributed by atoms with van der Waals surface area (Å²) in [5.41, 5.74) is 1.77. The molecule has 3 heterocycles. The summed E-state index contributed by atoms with van der Waals surface area (Å²) >= 11 is 2.84. The molecule has 0 spiro atoms. The quantitative estimate of drug-likeness (QED) is 0.285. The van der Waals surface area contributed by atoms with Crippen LogP contribution in [0, 0.1) is 18.8 Å². The van der Waals surface area contributed by atoms with Gasteiger partial charge in [-0.05, 0) is 68.7 Å². The van der Waals surface area contributed by atoms with Crippen LogP contribution in [0.4, 0.5) is 11.8 Å². The summed E-state index contributed by atoms with van der Waals surface area (Å²) in [5, 5.41) is 7.42. The third-order valence-electron chi connectivity index (χ3n) is 6.80. The molecule has 2 N–H and O–H groups in total. The Morgan fingerprint density at radius 2 is 1.70 bits per heavy atom. The Morgan fingerprint density at radius 1 is 0.973 bits per heavy atom. The molecule has 0 amide bonds. The van der Waals surface area contributed by atoms with Gasteiger partial charge in [0, 0.05) is 38.0 Å². The number of fused-ring (bicyclic) bond motifs is 1. The van der Waals surface area contributed by atoms with Gasteiger partial charge >= 0.3 is 0 Å². The largest absolute Gasteiger partial charge is 0.362 e. The lowest BCUT2D eigenvalue weighted by molar-refractivity contribution is 0.284. The van der Waals surface area contributed by atoms with Crippen molar-refractivity contribution in [2.45, 2.75) is 36.8 Å². The topological polar surface area (TPSA) is 100 Å². The normalized spacial score (nSPS) is 18.2. The maximum atomic E-state index is 12.9. The third kappa shape index (κ3) is 6.11. The van der Waals surface area contributed by atoms with Crippen molar-refractivity contribution < 1.29 is 8.42 Å². The van der Waals surface area contributed by atoms with Crippen LogP contribution in [0.5, 0.6) is 0 Å². The number of hydrogen-bond acceptors (Lipinski definition) is 9. The van der Waals surface area contributed by atoms with Crippen LogP contribution in [0.3, 0.4) is 0 Å². The molecule has 1 aliphatic carbocycles. The van der Waals surface area contributed by atoms with Gasteiger partial charge in [-0.15, -0.1) is 22.7 Å². The van der Waals surface area contributed by atoms with Crippen LogP contribution in [0.2, 0.25) is 0 Å². The monoisotopic (exact) mass is 556 g/mol. The number of nitrogens with zero attached hydrogens (tertiary/aromatic N) is 4. The molecule has 37 heavy (non-hydrogen) atoms. The second-order valence-electron chi connectivity index (χ2n) is 9.77. The average Bonchev–Trinajstić information content (AvgIpc) is 3.56. The van der Waals surface area contributed by atoms with Gasteiger partial charge in [-0.25, -0.2) is 23.1 Å². The van der Waals surface area contributed by atoms with Gasteiger partial charge in [0.05, 0.1) is 21.1 Å². The number of sulfonamides is 1.